The first-order valence-electron chi connectivity index (χ1n) is 6.81. The van der Waals surface area contributed by atoms with Gasteiger partial charge in [0.2, 0.25) is 5.91 Å². The lowest BCUT2D eigenvalue weighted by molar-refractivity contribution is -0.116. The van der Waals surface area contributed by atoms with Crippen LogP contribution in [0.15, 0.2) is 41.3 Å². The number of amides is 1. The Bertz CT molecular complexity index is 557. The van der Waals surface area contributed by atoms with Gasteiger partial charge in [-0.3, -0.25) is 4.79 Å². The van der Waals surface area contributed by atoms with Gasteiger partial charge >= 0.3 is 0 Å². The average Bonchev–Trinajstić information content (AvgIpc) is 3.12. The molecule has 3 rings (SSSR count). The topological polar surface area (TPSA) is 67.2 Å². The van der Waals surface area contributed by atoms with E-state index in [9.17, 15) is 4.79 Å². The van der Waals surface area contributed by atoms with Crippen LogP contribution in [0.5, 0.6) is 0 Å². The molecule has 1 aromatic heterocycles. The molecule has 1 aliphatic rings. The van der Waals surface area contributed by atoms with Gasteiger partial charge in [-0.1, -0.05) is 0 Å². The maximum Gasteiger partial charge on any atom is 0.224 e. The molecule has 1 saturated heterocycles. The van der Waals surface area contributed by atoms with Gasteiger partial charge < -0.3 is 15.1 Å². The summed E-state index contributed by atoms with van der Waals surface area (Å²) in [7, 11) is 0. The van der Waals surface area contributed by atoms with Crippen molar-refractivity contribution in [2.75, 3.05) is 18.4 Å². The molecule has 0 saturated carbocycles. The van der Waals surface area contributed by atoms with Gasteiger partial charge in [0, 0.05) is 17.7 Å². The quantitative estimate of drug-likeness (QED) is 0.895. The third-order valence-electron chi connectivity index (χ3n) is 3.52. The molecule has 0 spiro atoms. The Kier molecular flexibility index (Phi) is 3.78. The molecule has 1 aromatic carbocycles. The Hall–Kier alpha value is -2.14. The maximum absolute atomic E-state index is 11.9. The molecule has 5 nitrogen and oxygen atoms in total. The minimum absolute atomic E-state index is 0.0751. The normalized spacial score (nSPS) is 18.1. The number of rotatable bonds is 4. The molecule has 0 bridgehead atoms. The fraction of sp³-hybridized carbons (Fsp3) is 0.333. The number of hydrogen-bond acceptors (Lipinski definition) is 4. The van der Waals surface area contributed by atoms with Gasteiger partial charge in [0.25, 0.3) is 0 Å². The lowest BCUT2D eigenvalue weighted by Gasteiger charge is -2.09. The van der Waals surface area contributed by atoms with Gasteiger partial charge in [0.05, 0.1) is 6.20 Å². The number of hydrogen-bond donors (Lipinski definition) is 2. The van der Waals surface area contributed by atoms with E-state index in [2.05, 4.69) is 15.6 Å². The summed E-state index contributed by atoms with van der Waals surface area (Å²) in [5, 5.41) is 6.20. The van der Waals surface area contributed by atoms with Gasteiger partial charge in [-0.2, -0.15) is 0 Å². The summed E-state index contributed by atoms with van der Waals surface area (Å²) in [5.74, 6) is 1.26. The number of benzene rings is 1. The Balaban J connectivity index is 1.59. The van der Waals surface area contributed by atoms with Crippen molar-refractivity contribution in [3.8, 4) is 11.3 Å². The van der Waals surface area contributed by atoms with Crippen LogP contribution in [-0.4, -0.2) is 24.0 Å². The van der Waals surface area contributed by atoms with Crippen molar-refractivity contribution < 1.29 is 9.21 Å². The second-order valence-corrected chi connectivity index (χ2v) is 5.05. The lowest BCUT2D eigenvalue weighted by Crippen LogP contribution is -2.18. The minimum atomic E-state index is 0.0751. The molecule has 2 N–H and O–H groups in total. The molecule has 20 heavy (non-hydrogen) atoms. The number of carbonyl (C=O) groups is 1. The zero-order chi connectivity index (χ0) is 13.8. The predicted octanol–water partition coefficient (Wildman–Crippen LogP) is 2.28. The van der Waals surface area contributed by atoms with E-state index in [1.54, 1.807) is 6.20 Å². The van der Waals surface area contributed by atoms with Crippen molar-refractivity contribution in [1.82, 2.24) is 10.3 Å². The summed E-state index contributed by atoms with van der Waals surface area (Å²) in [6, 6.07) is 7.58. The number of nitrogens with zero attached hydrogens (tertiary/aromatic N) is 1. The van der Waals surface area contributed by atoms with E-state index in [4.69, 9.17) is 4.42 Å². The summed E-state index contributed by atoms with van der Waals surface area (Å²) < 4.78 is 5.22. The Morgan fingerprint density at radius 3 is 2.90 bits per heavy atom. The lowest BCUT2D eigenvalue weighted by atomic mass is 10.0. The third kappa shape index (κ3) is 3.05. The van der Waals surface area contributed by atoms with Crippen LogP contribution in [0.4, 0.5) is 5.69 Å². The summed E-state index contributed by atoms with van der Waals surface area (Å²) in [4.78, 5) is 15.8. The summed E-state index contributed by atoms with van der Waals surface area (Å²) >= 11 is 0. The largest absolute Gasteiger partial charge is 0.444 e. The monoisotopic (exact) mass is 271 g/mol. The highest BCUT2D eigenvalue weighted by Crippen LogP contribution is 2.21. The molecule has 1 amide bonds. The molecule has 0 aliphatic carbocycles. The smallest absolute Gasteiger partial charge is 0.224 e. The van der Waals surface area contributed by atoms with E-state index < -0.39 is 0 Å². The highest BCUT2D eigenvalue weighted by molar-refractivity contribution is 5.91. The van der Waals surface area contributed by atoms with Crippen molar-refractivity contribution in [3.63, 3.8) is 0 Å². The van der Waals surface area contributed by atoms with E-state index in [1.165, 1.54) is 6.39 Å². The molecule has 5 heteroatoms. The highest BCUT2D eigenvalue weighted by Gasteiger charge is 2.17. The predicted molar refractivity (Wildman–Crippen MR) is 76.2 cm³/mol. The molecule has 104 valence electrons. The summed E-state index contributed by atoms with van der Waals surface area (Å²) in [6.45, 7) is 1.96. The van der Waals surface area contributed by atoms with Crippen LogP contribution in [0.25, 0.3) is 11.3 Å². The van der Waals surface area contributed by atoms with E-state index >= 15 is 0 Å². The van der Waals surface area contributed by atoms with Crippen LogP contribution < -0.4 is 10.6 Å². The summed E-state index contributed by atoms with van der Waals surface area (Å²) in [6.07, 6.45) is 4.73. The van der Waals surface area contributed by atoms with Crippen molar-refractivity contribution in [2.45, 2.75) is 12.8 Å². The van der Waals surface area contributed by atoms with Gasteiger partial charge in [-0.05, 0) is 49.7 Å². The van der Waals surface area contributed by atoms with Crippen molar-refractivity contribution >= 4 is 11.6 Å². The number of aromatic nitrogens is 1. The SMILES string of the molecule is O=C(CC1CCNC1)Nc1ccc(-c2cnco2)cc1. The van der Waals surface area contributed by atoms with Crippen LogP contribution >= 0.6 is 0 Å². The first kappa shape index (κ1) is 12.9. The molecule has 1 fully saturated rings. The second kappa shape index (κ2) is 5.88. The zero-order valence-corrected chi connectivity index (χ0v) is 11.1. The second-order valence-electron chi connectivity index (χ2n) is 5.05. The minimum Gasteiger partial charge on any atom is -0.444 e. The number of anilines is 1. The molecule has 1 aliphatic heterocycles. The molecule has 0 radical (unpaired) electrons. The number of carbonyl (C=O) groups excluding carboxylic acids is 1. The molecular formula is C15H17N3O2. The van der Waals surface area contributed by atoms with E-state index in [0.29, 0.717) is 12.3 Å². The number of nitrogens with one attached hydrogen (secondary N) is 2. The van der Waals surface area contributed by atoms with Crippen LogP contribution in [0.2, 0.25) is 0 Å². The fourth-order valence-corrected chi connectivity index (χ4v) is 2.44. The van der Waals surface area contributed by atoms with Crippen LogP contribution in [0.3, 0.4) is 0 Å². The molecule has 1 unspecified atom stereocenters. The Labute approximate surface area is 117 Å². The standard InChI is InChI=1S/C15H17N3O2/c19-15(7-11-5-6-16-8-11)18-13-3-1-12(2-4-13)14-9-17-10-20-14/h1-4,9-11,16H,5-8H2,(H,18,19). The van der Waals surface area contributed by atoms with Gasteiger partial charge in [0.1, 0.15) is 0 Å². The molecule has 2 aromatic rings. The van der Waals surface area contributed by atoms with Gasteiger partial charge in [-0.15, -0.1) is 0 Å². The molecule has 1 atom stereocenters. The van der Waals surface area contributed by atoms with Crippen molar-refractivity contribution in [3.05, 3.63) is 36.9 Å². The molecular weight excluding hydrogens is 254 g/mol. The van der Waals surface area contributed by atoms with Crippen LogP contribution in [0.1, 0.15) is 12.8 Å². The van der Waals surface area contributed by atoms with Gasteiger partial charge in [0.15, 0.2) is 12.2 Å². The Morgan fingerprint density at radius 1 is 1.40 bits per heavy atom. The van der Waals surface area contributed by atoms with Crippen LogP contribution in [-0.2, 0) is 4.79 Å². The first-order valence-corrected chi connectivity index (χ1v) is 6.81. The summed E-state index contributed by atoms with van der Waals surface area (Å²) in [5.41, 5.74) is 1.75. The fourth-order valence-electron chi connectivity index (χ4n) is 2.44. The average molecular weight is 271 g/mol. The number of oxazole rings is 1. The van der Waals surface area contributed by atoms with Gasteiger partial charge in [-0.25, -0.2) is 4.98 Å². The van der Waals surface area contributed by atoms with E-state index in [-0.39, 0.29) is 5.91 Å². The highest BCUT2D eigenvalue weighted by atomic mass is 16.3. The van der Waals surface area contributed by atoms with E-state index in [0.717, 1.165) is 36.5 Å². The van der Waals surface area contributed by atoms with Crippen LogP contribution in [0, 0.1) is 5.92 Å². The molecule has 2 heterocycles. The van der Waals surface area contributed by atoms with Crippen molar-refractivity contribution in [1.29, 1.82) is 0 Å². The first-order chi connectivity index (χ1) is 9.81. The van der Waals surface area contributed by atoms with E-state index in [1.807, 2.05) is 24.3 Å². The maximum atomic E-state index is 11.9. The van der Waals surface area contributed by atoms with Crippen molar-refractivity contribution in [2.24, 2.45) is 5.92 Å². The zero-order valence-electron chi connectivity index (χ0n) is 11.1. The third-order valence-corrected chi connectivity index (χ3v) is 3.52. The Morgan fingerprint density at radius 2 is 2.25 bits per heavy atom.